The van der Waals surface area contributed by atoms with Crippen molar-refractivity contribution in [2.24, 2.45) is 7.05 Å². The van der Waals surface area contributed by atoms with Gasteiger partial charge in [-0.1, -0.05) is 29.8 Å². The van der Waals surface area contributed by atoms with E-state index in [1.54, 1.807) is 26.3 Å². The first-order chi connectivity index (χ1) is 8.61. The molecule has 0 radical (unpaired) electrons. The van der Waals surface area contributed by atoms with E-state index in [0.29, 0.717) is 16.6 Å². The monoisotopic (exact) mass is 264 g/mol. The third kappa shape index (κ3) is 2.54. The molecule has 0 spiro atoms. The van der Waals surface area contributed by atoms with Gasteiger partial charge in [0.25, 0.3) is 0 Å². The molecule has 0 aliphatic carbocycles. The van der Waals surface area contributed by atoms with Crippen LogP contribution in [0.15, 0.2) is 30.3 Å². The Balaban J connectivity index is 2.19. The largest absolute Gasteiger partial charge is 0.481 e. The van der Waals surface area contributed by atoms with E-state index < -0.39 is 0 Å². The quantitative estimate of drug-likeness (QED) is 0.797. The van der Waals surface area contributed by atoms with Gasteiger partial charge in [-0.25, -0.2) is 4.68 Å². The summed E-state index contributed by atoms with van der Waals surface area (Å²) in [5, 5.41) is 4.70. The average Bonchev–Trinajstić information content (AvgIpc) is 2.73. The molecule has 0 aliphatic rings. The van der Waals surface area contributed by atoms with Crippen LogP contribution in [0.3, 0.4) is 0 Å². The molecule has 1 aromatic heterocycles. The predicted molar refractivity (Wildman–Crippen MR) is 69.2 cm³/mol. The lowest BCUT2D eigenvalue weighted by Crippen LogP contribution is -2.05. The molecular weight excluding hydrogens is 252 g/mol. The predicted octanol–water partition coefficient (Wildman–Crippen LogP) is 2.51. The SMILES string of the molecule is COc1cc(C(=O)Cc2ccccc2Cl)nn1C. The summed E-state index contributed by atoms with van der Waals surface area (Å²) in [4.78, 5) is 12.1. The Bertz CT molecular complexity index is 578. The highest BCUT2D eigenvalue weighted by Gasteiger charge is 2.14. The number of hydrogen-bond acceptors (Lipinski definition) is 3. The Labute approximate surface area is 110 Å². The van der Waals surface area contributed by atoms with Crippen LogP contribution in [0.25, 0.3) is 0 Å². The molecule has 0 saturated carbocycles. The third-order valence-electron chi connectivity index (χ3n) is 2.64. The van der Waals surface area contributed by atoms with Crippen molar-refractivity contribution in [3.63, 3.8) is 0 Å². The van der Waals surface area contributed by atoms with Gasteiger partial charge in [-0.15, -0.1) is 0 Å². The number of aromatic nitrogens is 2. The van der Waals surface area contributed by atoms with Crippen LogP contribution in [0.2, 0.25) is 5.02 Å². The first kappa shape index (κ1) is 12.6. The number of halogens is 1. The first-order valence-corrected chi connectivity index (χ1v) is 5.84. The molecule has 2 rings (SSSR count). The maximum absolute atomic E-state index is 12.1. The van der Waals surface area contributed by atoms with E-state index in [1.807, 2.05) is 18.2 Å². The smallest absolute Gasteiger partial charge is 0.211 e. The van der Waals surface area contributed by atoms with Crippen molar-refractivity contribution in [2.45, 2.75) is 6.42 Å². The lowest BCUT2D eigenvalue weighted by Gasteiger charge is -2.01. The number of hydrogen-bond donors (Lipinski definition) is 0. The molecule has 0 N–H and O–H groups in total. The summed E-state index contributed by atoms with van der Waals surface area (Å²) < 4.78 is 6.60. The van der Waals surface area contributed by atoms with Crippen LogP contribution >= 0.6 is 11.6 Å². The molecule has 0 amide bonds. The van der Waals surface area contributed by atoms with Gasteiger partial charge in [0.2, 0.25) is 5.88 Å². The van der Waals surface area contributed by atoms with Crippen molar-refractivity contribution in [1.82, 2.24) is 9.78 Å². The summed E-state index contributed by atoms with van der Waals surface area (Å²) >= 11 is 6.02. The van der Waals surface area contributed by atoms with Crippen LogP contribution in [0.4, 0.5) is 0 Å². The molecule has 94 valence electrons. The standard InChI is InChI=1S/C13H13ClN2O2/c1-16-13(18-2)8-11(15-16)12(17)7-9-5-3-4-6-10(9)14/h3-6,8H,7H2,1-2H3. The summed E-state index contributed by atoms with van der Waals surface area (Å²) in [5.41, 5.74) is 1.18. The summed E-state index contributed by atoms with van der Waals surface area (Å²) in [6.45, 7) is 0. The number of ketones is 1. The van der Waals surface area contributed by atoms with Crippen molar-refractivity contribution in [3.8, 4) is 5.88 Å². The summed E-state index contributed by atoms with van der Waals surface area (Å²) in [6.07, 6.45) is 0.236. The van der Waals surface area contributed by atoms with Gasteiger partial charge in [0.05, 0.1) is 7.11 Å². The highest BCUT2D eigenvalue weighted by atomic mass is 35.5. The van der Waals surface area contributed by atoms with Crippen molar-refractivity contribution in [1.29, 1.82) is 0 Å². The topological polar surface area (TPSA) is 44.1 Å². The van der Waals surface area contributed by atoms with Crippen LogP contribution < -0.4 is 4.74 Å². The van der Waals surface area contributed by atoms with Gasteiger partial charge in [-0.2, -0.15) is 5.10 Å². The molecule has 18 heavy (non-hydrogen) atoms. The maximum Gasteiger partial charge on any atom is 0.211 e. The fourth-order valence-corrected chi connectivity index (χ4v) is 1.89. The summed E-state index contributed by atoms with van der Waals surface area (Å²) in [6, 6.07) is 8.91. The molecule has 1 heterocycles. The number of benzene rings is 1. The lowest BCUT2D eigenvalue weighted by atomic mass is 10.1. The molecule has 4 nitrogen and oxygen atoms in total. The number of aryl methyl sites for hydroxylation is 1. The minimum absolute atomic E-state index is 0.0815. The van der Waals surface area contributed by atoms with Crippen LogP contribution in [-0.2, 0) is 13.5 Å². The van der Waals surface area contributed by atoms with Crippen molar-refractivity contribution >= 4 is 17.4 Å². The fraction of sp³-hybridized carbons (Fsp3) is 0.231. The number of Topliss-reactive ketones (excluding diaryl/α,β-unsaturated/α-hetero) is 1. The lowest BCUT2D eigenvalue weighted by molar-refractivity contribution is 0.0987. The van der Waals surface area contributed by atoms with Gasteiger partial charge >= 0.3 is 0 Å². The van der Waals surface area contributed by atoms with Gasteiger partial charge in [-0.3, -0.25) is 4.79 Å². The van der Waals surface area contributed by atoms with Crippen LogP contribution in [0.5, 0.6) is 5.88 Å². The summed E-state index contributed by atoms with van der Waals surface area (Å²) in [5.74, 6) is 0.472. The minimum Gasteiger partial charge on any atom is -0.481 e. The molecule has 0 atom stereocenters. The molecule has 0 saturated heterocycles. The van der Waals surface area contributed by atoms with E-state index in [0.717, 1.165) is 5.56 Å². The third-order valence-corrected chi connectivity index (χ3v) is 3.01. The van der Waals surface area contributed by atoms with E-state index in [-0.39, 0.29) is 12.2 Å². The molecule has 0 unspecified atom stereocenters. The van der Waals surface area contributed by atoms with Crippen molar-refractivity contribution < 1.29 is 9.53 Å². The van der Waals surface area contributed by atoms with Crippen LogP contribution in [0, 0.1) is 0 Å². The van der Waals surface area contributed by atoms with Crippen molar-refractivity contribution in [2.75, 3.05) is 7.11 Å². The highest BCUT2D eigenvalue weighted by Crippen LogP contribution is 2.18. The number of rotatable bonds is 4. The second-order valence-corrected chi connectivity index (χ2v) is 4.29. The summed E-state index contributed by atoms with van der Waals surface area (Å²) in [7, 11) is 3.27. The zero-order chi connectivity index (χ0) is 13.1. The molecule has 0 fully saturated rings. The van der Waals surface area contributed by atoms with E-state index in [2.05, 4.69) is 5.10 Å². The van der Waals surface area contributed by atoms with E-state index >= 15 is 0 Å². The highest BCUT2D eigenvalue weighted by molar-refractivity contribution is 6.31. The zero-order valence-corrected chi connectivity index (χ0v) is 10.9. The zero-order valence-electron chi connectivity index (χ0n) is 10.2. The molecule has 2 aromatic rings. The Hall–Kier alpha value is -1.81. The molecule has 5 heteroatoms. The Morgan fingerprint density at radius 3 is 2.78 bits per heavy atom. The minimum atomic E-state index is -0.0815. The van der Waals surface area contributed by atoms with Gasteiger partial charge in [0.15, 0.2) is 5.78 Å². The van der Waals surface area contributed by atoms with E-state index in [1.165, 1.54) is 4.68 Å². The molecule has 0 aliphatic heterocycles. The number of nitrogens with zero attached hydrogens (tertiary/aromatic N) is 2. The Kier molecular flexibility index (Phi) is 3.67. The van der Waals surface area contributed by atoms with E-state index in [9.17, 15) is 4.79 Å². The van der Waals surface area contributed by atoms with Gasteiger partial charge in [0.1, 0.15) is 5.69 Å². The van der Waals surface area contributed by atoms with E-state index in [4.69, 9.17) is 16.3 Å². The molecule has 1 aromatic carbocycles. The number of methoxy groups -OCH3 is 1. The Morgan fingerprint density at radius 1 is 1.44 bits per heavy atom. The van der Waals surface area contributed by atoms with Crippen LogP contribution in [-0.4, -0.2) is 22.7 Å². The van der Waals surface area contributed by atoms with Crippen LogP contribution in [0.1, 0.15) is 16.1 Å². The van der Waals surface area contributed by atoms with Crippen molar-refractivity contribution in [3.05, 3.63) is 46.6 Å². The number of ether oxygens (including phenoxy) is 1. The molecular formula is C13H13ClN2O2. The fourth-order valence-electron chi connectivity index (χ4n) is 1.68. The second kappa shape index (κ2) is 5.23. The normalized spacial score (nSPS) is 10.4. The van der Waals surface area contributed by atoms with Gasteiger partial charge in [-0.05, 0) is 11.6 Å². The number of carbonyl (C=O) groups excluding carboxylic acids is 1. The molecule has 0 bridgehead atoms. The maximum atomic E-state index is 12.1. The first-order valence-electron chi connectivity index (χ1n) is 5.46. The second-order valence-electron chi connectivity index (χ2n) is 3.89. The average molecular weight is 265 g/mol. The van der Waals surface area contributed by atoms with Gasteiger partial charge < -0.3 is 4.74 Å². The Morgan fingerprint density at radius 2 is 2.17 bits per heavy atom. The van der Waals surface area contributed by atoms with Gasteiger partial charge in [0, 0.05) is 24.6 Å². The number of carbonyl (C=O) groups is 1.